The van der Waals surface area contributed by atoms with E-state index in [1.54, 1.807) is 12.1 Å². The Bertz CT molecular complexity index is 531. The van der Waals surface area contributed by atoms with E-state index in [0.717, 1.165) is 23.3 Å². The molecule has 1 aromatic heterocycles. The summed E-state index contributed by atoms with van der Waals surface area (Å²) in [6.07, 6.45) is 0.853. The standard InChI is InChI=1S/C12H14BrFN2/c1-4-12-15-10-5-8(13)9(14)6-11(10)16(12)7(2)3/h5-7H,4H2,1-3H3. The van der Waals surface area contributed by atoms with Crippen LogP contribution in [-0.2, 0) is 6.42 Å². The highest BCUT2D eigenvalue weighted by Crippen LogP contribution is 2.26. The first kappa shape index (κ1) is 11.6. The first-order valence-electron chi connectivity index (χ1n) is 5.40. The van der Waals surface area contributed by atoms with Gasteiger partial charge >= 0.3 is 0 Å². The molecule has 0 radical (unpaired) electrons. The molecule has 0 aliphatic rings. The first-order chi connectivity index (χ1) is 7.54. The molecule has 0 aliphatic heterocycles. The van der Waals surface area contributed by atoms with E-state index in [-0.39, 0.29) is 5.82 Å². The summed E-state index contributed by atoms with van der Waals surface area (Å²) in [5.74, 6) is 0.763. The zero-order valence-electron chi connectivity index (χ0n) is 9.59. The van der Waals surface area contributed by atoms with E-state index in [0.29, 0.717) is 10.5 Å². The molecule has 1 heterocycles. The van der Waals surface area contributed by atoms with Gasteiger partial charge in [-0.15, -0.1) is 0 Å². The molecule has 0 bridgehead atoms. The summed E-state index contributed by atoms with van der Waals surface area (Å²) in [4.78, 5) is 4.52. The van der Waals surface area contributed by atoms with Crippen LogP contribution < -0.4 is 0 Å². The zero-order chi connectivity index (χ0) is 11.9. The topological polar surface area (TPSA) is 17.8 Å². The first-order valence-corrected chi connectivity index (χ1v) is 6.19. The van der Waals surface area contributed by atoms with Crippen molar-refractivity contribution in [2.75, 3.05) is 0 Å². The van der Waals surface area contributed by atoms with E-state index in [1.165, 1.54) is 0 Å². The molecule has 2 nitrogen and oxygen atoms in total. The van der Waals surface area contributed by atoms with Crippen LogP contribution >= 0.6 is 15.9 Å². The fraction of sp³-hybridized carbons (Fsp3) is 0.417. The van der Waals surface area contributed by atoms with Crippen molar-refractivity contribution in [2.24, 2.45) is 0 Å². The van der Waals surface area contributed by atoms with Gasteiger partial charge in [-0.05, 0) is 35.8 Å². The number of aryl methyl sites for hydroxylation is 1. The van der Waals surface area contributed by atoms with Gasteiger partial charge in [-0.2, -0.15) is 0 Å². The summed E-state index contributed by atoms with van der Waals surface area (Å²) in [5.41, 5.74) is 1.71. The summed E-state index contributed by atoms with van der Waals surface area (Å²) >= 11 is 3.18. The van der Waals surface area contributed by atoms with Crippen molar-refractivity contribution >= 4 is 27.0 Å². The Morgan fingerprint density at radius 3 is 2.69 bits per heavy atom. The van der Waals surface area contributed by atoms with E-state index in [1.807, 2.05) is 0 Å². The maximum atomic E-state index is 13.5. The summed E-state index contributed by atoms with van der Waals surface area (Å²) in [6, 6.07) is 3.58. The molecule has 86 valence electrons. The molecule has 0 saturated carbocycles. The molecule has 0 aliphatic carbocycles. The van der Waals surface area contributed by atoms with Gasteiger partial charge in [-0.3, -0.25) is 0 Å². The number of hydrogen-bond donors (Lipinski definition) is 0. The molecule has 16 heavy (non-hydrogen) atoms. The van der Waals surface area contributed by atoms with Gasteiger partial charge in [0.15, 0.2) is 0 Å². The lowest BCUT2D eigenvalue weighted by molar-refractivity contribution is 0.584. The third kappa shape index (κ3) is 1.75. The Balaban J connectivity index is 2.79. The molecule has 0 amide bonds. The molecule has 0 unspecified atom stereocenters. The van der Waals surface area contributed by atoms with Crippen molar-refractivity contribution in [3.05, 3.63) is 28.2 Å². The summed E-state index contributed by atoms with van der Waals surface area (Å²) < 4.78 is 16.1. The molecule has 2 aromatic rings. The zero-order valence-corrected chi connectivity index (χ0v) is 11.2. The lowest BCUT2D eigenvalue weighted by atomic mass is 10.3. The number of halogens is 2. The molecule has 0 N–H and O–H groups in total. The predicted octanol–water partition coefficient (Wildman–Crippen LogP) is 4.08. The fourth-order valence-corrected chi connectivity index (χ4v) is 2.30. The van der Waals surface area contributed by atoms with Gasteiger partial charge in [0.2, 0.25) is 0 Å². The Morgan fingerprint density at radius 2 is 2.12 bits per heavy atom. The Kier molecular flexibility index (Phi) is 3.02. The average Bonchev–Trinajstić information content (AvgIpc) is 2.56. The van der Waals surface area contributed by atoms with Crippen LogP contribution in [0.25, 0.3) is 11.0 Å². The van der Waals surface area contributed by atoms with Crippen molar-refractivity contribution in [3.8, 4) is 0 Å². The minimum atomic E-state index is -0.239. The summed E-state index contributed by atoms with van der Waals surface area (Å²) in [5, 5.41) is 0. The monoisotopic (exact) mass is 284 g/mol. The van der Waals surface area contributed by atoms with Gasteiger partial charge in [-0.1, -0.05) is 6.92 Å². The van der Waals surface area contributed by atoms with Crippen molar-refractivity contribution in [3.63, 3.8) is 0 Å². The number of fused-ring (bicyclic) bond motifs is 1. The van der Waals surface area contributed by atoms with Gasteiger partial charge in [0, 0.05) is 18.5 Å². The van der Waals surface area contributed by atoms with Gasteiger partial charge in [0.1, 0.15) is 11.6 Å². The Hall–Kier alpha value is -0.900. The van der Waals surface area contributed by atoms with Crippen molar-refractivity contribution in [1.82, 2.24) is 9.55 Å². The van der Waals surface area contributed by atoms with Gasteiger partial charge < -0.3 is 4.57 Å². The minimum Gasteiger partial charge on any atom is -0.325 e. The molecule has 1 aromatic carbocycles. The van der Waals surface area contributed by atoms with E-state index in [9.17, 15) is 4.39 Å². The summed E-state index contributed by atoms with van der Waals surface area (Å²) in [6.45, 7) is 6.23. The molecule has 4 heteroatoms. The normalized spacial score (nSPS) is 11.6. The number of aromatic nitrogens is 2. The molecule has 0 fully saturated rings. The van der Waals surface area contributed by atoms with Crippen LogP contribution in [0.3, 0.4) is 0 Å². The van der Waals surface area contributed by atoms with Crippen LogP contribution in [0.5, 0.6) is 0 Å². The highest BCUT2D eigenvalue weighted by molar-refractivity contribution is 9.10. The fourth-order valence-electron chi connectivity index (χ4n) is 1.97. The second kappa shape index (κ2) is 4.17. The number of hydrogen-bond acceptors (Lipinski definition) is 1. The van der Waals surface area contributed by atoms with Crippen LogP contribution in [0.2, 0.25) is 0 Å². The van der Waals surface area contributed by atoms with E-state index >= 15 is 0 Å². The highest BCUT2D eigenvalue weighted by Gasteiger charge is 2.14. The van der Waals surface area contributed by atoms with E-state index in [2.05, 4.69) is 46.3 Å². The molecule has 0 spiro atoms. The van der Waals surface area contributed by atoms with Crippen molar-refractivity contribution in [1.29, 1.82) is 0 Å². The molecule has 0 atom stereocenters. The number of benzene rings is 1. The third-order valence-electron chi connectivity index (χ3n) is 2.64. The third-order valence-corrected chi connectivity index (χ3v) is 3.24. The molecule has 2 rings (SSSR count). The molecular formula is C12H14BrFN2. The van der Waals surface area contributed by atoms with Crippen LogP contribution in [0, 0.1) is 5.82 Å². The summed E-state index contributed by atoms with van der Waals surface area (Å²) in [7, 11) is 0. The second-order valence-corrected chi connectivity index (χ2v) is 4.95. The Morgan fingerprint density at radius 1 is 1.44 bits per heavy atom. The SMILES string of the molecule is CCc1nc2cc(Br)c(F)cc2n1C(C)C. The van der Waals surface area contributed by atoms with Crippen LogP contribution in [0.4, 0.5) is 4.39 Å². The van der Waals surface area contributed by atoms with Crippen LogP contribution in [0.15, 0.2) is 16.6 Å². The number of imidazole rings is 1. The average molecular weight is 285 g/mol. The lowest BCUT2D eigenvalue weighted by Crippen LogP contribution is -2.05. The molecular weight excluding hydrogens is 271 g/mol. The van der Waals surface area contributed by atoms with Crippen LogP contribution in [0.1, 0.15) is 32.6 Å². The smallest absolute Gasteiger partial charge is 0.139 e. The minimum absolute atomic E-state index is 0.239. The van der Waals surface area contributed by atoms with E-state index < -0.39 is 0 Å². The predicted molar refractivity (Wildman–Crippen MR) is 67.2 cm³/mol. The van der Waals surface area contributed by atoms with Gasteiger partial charge in [-0.25, -0.2) is 9.37 Å². The maximum absolute atomic E-state index is 13.5. The maximum Gasteiger partial charge on any atom is 0.139 e. The number of rotatable bonds is 2. The van der Waals surface area contributed by atoms with Crippen molar-refractivity contribution in [2.45, 2.75) is 33.2 Å². The largest absolute Gasteiger partial charge is 0.325 e. The van der Waals surface area contributed by atoms with Crippen LogP contribution in [-0.4, -0.2) is 9.55 Å². The molecule has 0 saturated heterocycles. The Labute approximate surface area is 103 Å². The highest BCUT2D eigenvalue weighted by atomic mass is 79.9. The lowest BCUT2D eigenvalue weighted by Gasteiger charge is -2.11. The van der Waals surface area contributed by atoms with E-state index in [4.69, 9.17) is 0 Å². The van der Waals surface area contributed by atoms with Gasteiger partial charge in [0.25, 0.3) is 0 Å². The quantitative estimate of drug-likeness (QED) is 0.813. The van der Waals surface area contributed by atoms with Crippen molar-refractivity contribution < 1.29 is 4.39 Å². The number of nitrogens with zero attached hydrogens (tertiary/aromatic N) is 2. The van der Waals surface area contributed by atoms with Gasteiger partial charge in [0.05, 0.1) is 15.5 Å². The second-order valence-electron chi connectivity index (χ2n) is 4.10.